The van der Waals surface area contributed by atoms with E-state index in [9.17, 15) is 14.4 Å². The van der Waals surface area contributed by atoms with E-state index < -0.39 is 6.04 Å². The third-order valence-electron chi connectivity index (χ3n) is 4.91. The molecule has 0 aliphatic carbocycles. The summed E-state index contributed by atoms with van der Waals surface area (Å²) in [5, 5.41) is 5.60. The van der Waals surface area contributed by atoms with Gasteiger partial charge in [0.1, 0.15) is 6.04 Å². The molecule has 2 aromatic rings. The number of likely N-dealkylation sites (tertiary alicyclic amines) is 1. The van der Waals surface area contributed by atoms with Gasteiger partial charge in [0, 0.05) is 29.9 Å². The predicted octanol–water partition coefficient (Wildman–Crippen LogP) is 3.15. The maximum Gasteiger partial charge on any atom is 0.255 e. The molecule has 29 heavy (non-hydrogen) atoms. The lowest BCUT2D eigenvalue weighted by Crippen LogP contribution is -2.46. The largest absolute Gasteiger partial charge is 0.351 e. The second-order valence-corrected chi connectivity index (χ2v) is 7.09. The molecule has 1 aliphatic rings. The molecule has 6 heteroatoms. The molecule has 1 heterocycles. The van der Waals surface area contributed by atoms with Crippen molar-refractivity contribution in [2.24, 2.45) is 0 Å². The standard InChI is InChI=1S/C23H25N3O3/c1-3-13-24-22(28)20-8-5-14-26(20)23(29)17-9-11-19(12-10-17)25-21(27)18-7-4-6-16(2)15-18/h3-4,6-7,9-12,15,20H,1,5,8,13-14H2,2H3,(H,24,28)(H,25,27)/t20-/m1/s1. The summed E-state index contributed by atoms with van der Waals surface area (Å²) < 4.78 is 0. The lowest BCUT2D eigenvalue weighted by molar-refractivity contribution is -0.124. The molecule has 0 radical (unpaired) electrons. The summed E-state index contributed by atoms with van der Waals surface area (Å²) in [7, 11) is 0. The number of anilines is 1. The first-order valence-corrected chi connectivity index (χ1v) is 9.67. The van der Waals surface area contributed by atoms with Crippen molar-refractivity contribution in [2.75, 3.05) is 18.4 Å². The van der Waals surface area contributed by atoms with Gasteiger partial charge in [0.2, 0.25) is 5.91 Å². The Kier molecular flexibility index (Phi) is 6.44. The van der Waals surface area contributed by atoms with Gasteiger partial charge in [0.15, 0.2) is 0 Å². The Balaban J connectivity index is 1.66. The number of carbonyl (C=O) groups is 3. The smallest absolute Gasteiger partial charge is 0.255 e. The van der Waals surface area contributed by atoms with Crippen molar-refractivity contribution in [2.45, 2.75) is 25.8 Å². The molecular weight excluding hydrogens is 366 g/mol. The molecule has 0 aromatic heterocycles. The molecule has 0 bridgehead atoms. The molecule has 3 rings (SSSR count). The van der Waals surface area contributed by atoms with E-state index in [1.54, 1.807) is 41.3 Å². The van der Waals surface area contributed by atoms with Crippen LogP contribution >= 0.6 is 0 Å². The lowest BCUT2D eigenvalue weighted by Gasteiger charge is -2.24. The highest BCUT2D eigenvalue weighted by Crippen LogP contribution is 2.21. The van der Waals surface area contributed by atoms with Gasteiger partial charge in [-0.25, -0.2) is 0 Å². The van der Waals surface area contributed by atoms with Gasteiger partial charge in [-0.1, -0.05) is 23.8 Å². The first-order valence-electron chi connectivity index (χ1n) is 9.67. The molecule has 1 fully saturated rings. The number of aryl methyl sites for hydroxylation is 1. The Labute approximate surface area is 170 Å². The minimum Gasteiger partial charge on any atom is -0.351 e. The highest BCUT2D eigenvalue weighted by atomic mass is 16.2. The summed E-state index contributed by atoms with van der Waals surface area (Å²) in [5.74, 6) is -0.540. The number of nitrogens with zero attached hydrogens (tertiary/aromatic N) is 1. The minimum absolute atomic E-state index is 0.155. The van der Waals surface area contributed by atoms with Gasteiger partial charge < -0.3 is 15.5 Å². The third-order valence-corrected chi connectivity index (χ3v) is 4.91. The summed E-state index contributed by atoms with van der Waals surface area (Å²) >= 11 is 0. The summed E-state index contributed by atoms with van der Waals surface area (Å²) in [5.41, 5.74) is 2.68. The van der Waals surface area contributed by atoms with Crippen LogP contribution in [0.5, 0.6) is 0 Å². The molecule has 1 saturated heterocycles. The number of amides is 3. The maximum atomic E-state index is 12.9. The zero-order chi connectivity index (χ0) is 20.8. The fourth-order valence-electron chi connectivity index (χ4n) is 3.42. The molecule has 2 aromatic carbocycles. The van der Waals surface area contributed by atoms with E-state index in [2.05, 4.69) is 17.2 Å². The van der Waals surface area contributed by atoms with Crippen molar-refractivity contribution in [3.8, 4) is 0 Å². The molecule has 1 aliphatic heterocycles. The SMILES string of the molecule is C=CCNC(=O)[C@H]1CCCN1C(=O)c1ccc(NC(=O)c2cccc(C)c2)cc1. The Morgan fingerprint density at radius 1 is 1.14 bits per heavy atom. The molecule has 1 atom stereocenters. The van der Waals surface area contributed by atoms with Crippen LogP contribution in [0.1, 0.15) is 39.1 Å². The van der Waals surface area contributed by atoms with Gasteiger partial charge in [-0.2, -0.15) is 0 Å². The second-order valence-electron chi connectivity index (χ2n) is 7.09. The van der Waals surface area contributed by atoms with Gasteiger partial charge in [0.05, 0.1) is 0 Å². The van der Waals surface area contributed by atoms with Crippen molar-refractivity contribution in [1.29, 1.82) is 0 Å². The van der Waals surface area contributed by atoms with E-state index in [1.165, 1.54) is 0 Å². The number of carbonyl (C=O) groups excluding carboxylic acids is 3. The van der Waals surface area contributed by atoms with Crippen molar-refractivity contribution in [3.05, 3.63) is 77.9 Å². The normalized spacial score (nSPS) is 15.6. The van der Waals surface area contributed by atoms with Crippen LogP contribution in [-0.4, -0.2) is 41.8 Å². The van der Waals surface area contributed by atoms with Gasteiger partial charge in [-0.3, -0.25) is 14.4 Å². The van der Waals surface area contributed by atoms with Gasteiger partial charge in [-0.05, 0) is 56.2 Å². The number of nitrogens with one attached hydrogen (secondary N) is 2. The molecule has 2 N–H and O–H groups in total. The first kappa shape index (κ1) is 20.3. The van der Waals surface area contributed by atoms with Crippen molar-refractivity contribution in [1.82, 2.24) is 10.2 Å². The van der Waals surface area contributed by atoms with Crippen molar-refractivity contribution < 1.29 is 14.4 Å². The summed E-state index contributed by atoms with van der Waals surface area (Å²) in [6.45, 7) is 6.45. The summed E-state index contributed by atoms with van der Waals surface area (Å²) in [4.78, 5) is 39.1. The number of benzene rings is 2. The van der Waals surface area contributed by atoms with Gasteiger partial charge in [0.25, 0.3) is 11.8 Å². The molecule has 150 valence electrons. The summed E-state index contributed by atoms with van der Waals surface area (Å²) in [6, 6.07) is 13.6. The Bertz CT molecular complexity index is 921. The average molecular weight is 391 g/mol. The van der Waals surface area contributed by atoms with Crippen LogP contribution in [0.3, 0.4) is 0 Å². The van der Waals surface area contributed by atoms with Crippen molar-refractivity contribution >= 4 is 23.4 Å². The van der Waals surface area contributed by atoms with E-state index in [0.717, 1.165) is 12.0 Å². The van der Waals surface area contributed by atoms with E-state index in [0.29, 0.717) is 36.3 Å². The molecule has 6 nitrogen and oxygen atoms in total. The van der Waals surface area contributed by atoms with Crippen LogP contribution in [0, 0.1) is 6.92 Å². The van der Waals surface area contributed by atoms with E-state index in [-0.39, 0.29) is 17.7 Å². The van der Waals surface area contributed by atoms with Crippen LogP contribution in [-0.2, 0) is 4.79 Å². The van der Waals surface area contributed by atoms with Crippen LogP contribution in [0.4, 0.5) is 5.69 Å². The Morgan fingerprint density at radius 3 is 2.59 bits per heavy atom. The highest BCUT2D eigenvalue weighted by Gasteiger charge is 2.34. The summed E-state index contributed by atoms with van der Waals surface area (Å²) in [6.07, 6.45) is 3.06. The first-order chi connectivity index (χ1) is 14.0. The van der Waals surface area contributed by atoms with Crippen LogP contribution < -0.4 is 10.6 Å². The molecule has 3 amide bonds. The Hall–Kier alpha value is -3.41. The quantitative estimate of drug-likeness (QED) is 0.743. The van der Waals surface area contributed by atoms with Gasteiger partial charge >= 0.3 is 0 Å². The minimum atomic E-state index is -0.455. The zero-order valence-electron chi connectivity index (χ0n) is 16.5. The Morgan fingerprint density at radius 2 is 1.90 bits per heavy atom. The molecule has 0 spiro atoms. The number of hydrogen-bond acceptors (Lipinski definition) is 3. The molecule has 0 saturated carbocycles. The topological polar surface area (TPSA) is 78.5 Å². The molecule has 0 unspecified atom stereocenters. The number of hydrogen-bond donors (Lipinski definition) is 2. The highest BCUT2D eigenvalue weighted by molar-refractivity contribution is 6.04. The van der Waals surface area contributed by atoms with Crippen LogP contribution in [0.25, 0.3) is 0 Å². The van der Waals surface area contributed by atoms with E-state index in [4.69, 9.17) is 0 Å². The monoisotopic (exact) mass is 391 g/mol. The maximum absolute atomic E-state index is 12.9. The fraction of sp³-hybridized carbons (Fsp3) is 0.261. The van der Waals surface area contributed by atoms with Crippen molar-refractivity contribution in [3.63, 3.8) is 0 Å². The van der Waals surface area contributed by atoms with Crippen LogP contribution in [0.15, 0.2) is 61.2 Å². The van der Waals surface area contributed by atoms with E-state index >= 15 is 0 Å². The number of rotatable bonds is 6. The lowest BCUT2D eigenvalue weighted by atomic mass is 10.1. The third kappa shape index (κ3) is 4.90. The van der Waals surface area contributed by atoms with Crippen LogP contribution in [0.2, 0.25) is 0 Å². The molecular formula is C23H25N3O3. The average Bonchev–Trinajstić information content (AvgIpc) is 3.22. The fourth-order valence-corrected chi connectivity index (χ4v) is 3.42. The second kappa shape index (κ2) is 9.19. The van der Waals surface area contributed by atoms with Gasteiger partial charge in [-0.15, -0.1) is 6.58 Å². The predicted molar refractivity (Wildman–Crippen MR) is 113 cm³/mol. The van der Waals surface area contributed by atoms with E-state index in [1.807, 2.05) is 25.1 Å². The zero-order valence-corrected chi connectivity index (χ0v) is 16.5.